The number of benzene rings is 1. The van der Waals surface area contributed by atoms with Gasteiger partial charge in [-0.25, -0.2) is 5.48 Å². The first-order valence-electron chi connectivity index (χ1n) is 19.3. The highest BCUT2D eigenvalue weighted by molar-refractivity contribution is 5.90. The van der Waals surface area contributed by atoms with Crippen molar-refractivity contribution < 1.29 is 38.7 Å². The van der Waals surface area contributed by atoms with E-state index in [2.05, 4.69) is 10.6 Å². The summed E-state index contributed by atoms with van der Waals surface area (Å²) >= 11 is 0. The van der Waals surface area contributed by atoms with Gasteiger partial charge in [-0.1, -0.05) is 85.2 Å². The Labute approximate surface area is 323 Å². The normalized spacial score (nSPS) is 19.0. The minimum atomic E-state index is -1.03. The molecule has 8 unspecified atom stereocenters. The van der Waals surface area contributed by atoms with Crippen LogP contribution >= 0.6 is 0 Å². The molecule has 0 bridgehead atoms. The molecule has 1 aromatic carbocycles. The van der Waals surface area contributed by atoms with E-state index in [1.54, 1.807) is 29.3 Å². The van der Waals surface area contributed by atoms with Gasteiger partial charge in [0.2, 0.25) is 23.6 Å². The van der Waals surface area contributed by atoms with E-state index in [9.17, 15) is 29.2 Å². The van der Waals surface area contributed by atoms with Crippen LogP contribution in [-0.4, -0.2) is 134 Å². The highest BCUT2D eigenvalue weighted by atomic mass is 16.5. The number of carbonyl (C=O) groups excluding carboxylic acids is 5. The van der Waals surface area contributed by atoms with Crippen molar-refractivity contribution in [2.75, 3.05) is 41.9 Å². The van der Waals surface area contributed by atoms with E-state index < -0.39 is 60.1 Å². The van der Waals surface area contributed by atoms with Gasteiger partial charge in [-0.2, -0.15) is 0 Å². The maximum Gasteiger partial charge on any atom is 0.266 e. The lowest BCUT2D eigenvalue weighted by atomic mass is 9.89. The van der Waals surface area contributed by atoms with Gasteiger partial charge >= 0.3 is 0 Å². The van der Waals surface area contributed by atoms with Crippen LogP contribution in [0.25, 0.3) is 0 Å². The van der Waals surface area contributed by atoms with E-state index in [0.29, 0.717) is 19.4 Å². The summed E-state index contributed by atoms with van der Waals surface area (Å²) in [6.07, 6.45) is 0.846. The zero-order chi connectivity index (χ0) is 40.9. The highest BCUT2D eigenvalue weighted by Crippen LogP contribution is 2.30. The molecule has 2 rings (SSSR count). The second-order valence-corrected chi connectivity index (χ2v) is 15.7. The molecule has 0 spiro atoms. The smallest absolute Gasteiger partial charge is 0.266 e. The van der Waals surface area contributed by atoms with E-state index in [4.69, 9.17) is 9.47 Å². The number of hydrogen-bond donors (Lipinski definition) is 4. The van der Waals surface area contributed by atoms with Crippen molar-refractivity contribution in [2.45, 2.75) is 123 Å². The van der Waals surface area contributed by atoms with Crippen LogP contribution in [0.2, 0.25) is 0 Å². The van der Waals surface area contributed by atoms with Crippen molar-refractivity contribution in [2.24, 2.45) is 23.7 Å². The lowest BCUT2D eigenvalue weighted by Gasteiger charge is -2.41. The third-order valence-corrected chi connectivity index (χ3v) is 11.0. The predicted octanol–water partition coefficient (Wildman–Crippen LogP) is 2.87. The first-order valence-corrected chi connectivity index (χ1v) is 19.3. The Morgan fingerprint density at radius 2 is 1.52 bits per heavy atom. The summed E-state index contributed by atoms with van der Waals surface area (Å²) in [7, 11) is 8.45. The summed E-state index contributed by atoms with van der Waals surface area (Å²) < 4.78 is 11.9. The molecule has 14 nitrogen and oxygen atoms in total. The standard InChI is InChI=1S/C40H68N6O8/c1-13-26(6)35(45(10)40(51)33(24(2)3)42-39(50)34(25(4)5)44(8)9)31(53-11)23-32(47)46-21-17-20-30(46)36(54-12)27(7)37(48)41-29(38(49)43-52)22-28-18-15-14-16-19-28/h14-16,18-19,24-27,29-31,33-36,52H,13,17,20-23H2,1-12H3,(H,41,48)(H,42,50)(H,43,49)/t26?,27?,29?,30?,31?,33-,34?,35?,36?/m0/s1. The lowest BCUT2D eigenvalue weighted by molar-refractivity contribution is -0.148. The fourth-order valence-electron chi connectivity index (χ4n) is 7.85. The Bertz CT molecular complexity index is 1350. The molecule has 54 heavy (non-hydrogen) atoms. The molecule has 1 aliphatic rings. The molecule has 0 radical (unpaired) electrons. The number of nitrogens with one attached hydrogen (secondary N) is 3. The Balaban J connectivity index is 2.29. The summed E-state index contributed by atoms with van der Waals surface area (Å²) in [4.78, 5) is 73.2. The molecule has 4 N–H and O–H groups in total. The van der Waals surface area contributed by atoms with E-state index in [1.807, 2.05) is 90.9 Å². The van der Waals surface area contributed by atoms with Crippen LogP contribution in [-0.2, 0) is 39.9 Å². The molecule has 1 saturated heterocycles. The Morgan fingerprint density at radius 3 is 2.02 bits per heavy atom. The molecule has 9 atom stereocenters. The van der Waals surface area contributed by atoms with Crippen molar-refractivity contribution >= 4 is 29.5 Å². The van der Waals surface area contributed by atoms with Gasteiger partial charge in [-0.05, 0) is 50.3 Å². The van der Waals surface area contributed by atoms with Gasteiger partial charge in [0.15, 0.2) is 0 Å². The zero-order valence-electron chi connectivity index (χ0n) is 34.6. The molecule has 1 aliphatic heterocycles. The fraction of sp³-hybridized carbons (Fsp3) is 0.725. The molecule has 1 aromatic rings. The number of ether oxygens (including phenoxy) is 2. The van der Waals surface area contributed by atoms with Gasteiger partial charge in [0.25, 0.3) is 5.91 Å². The Hall–Kier alpha value is -3.59. The van der Waals surface area contributed by atoms with Crippen LogP contribution < -0.4 is 16.1 Å². The van der Waals surface area contributed by atoms with Crippen LogP contribution in [0.1, 0.15) is 79.7 Å². The van der Waals surface area contributed by atoms with Crippen molar-refractivity contribution in [3.63, 3.8) is 0 Å². The summed E-state index contributed by atoms with van der Waals surface area (Å²) in [5.74, 6) is -2.80. The first kappa shape index (κ1) is 46.6. The van der Waals surface area contributed by atoms with Gasteiger partial charge in [0, 0.05) is 34.2 Å². The number of carbonyl (C=O) groups is 5. The SMILES string of the molecule is CCC(C)C(C(CC(=O)N1CCCC1C(OC)C(C)C(=O)NC(Cc1ccccc1)C(=O)NO)OC)N(C)C(=O)[C@@H](NC(=O)C(C(C)C)N(C)C)C(C)C. The molecule has 0 aliphatic carbocycles. The van der Waals surface area contributed by atoms with Crippen LogP contribution in [0.5, 0.6) is 0 Å². The fourth-order valence-corrected chi connectivity index (χ4v) is 7.85. The molecule has 14 heteroatoms. The summed E-state index contributed by atoms with van der Waals surface area (Å²) in [5.41, 5.74) is 2.45. The average molecular weight is 761 g/mol. The van der Waals surface area contributed by atoms with Gasteiger partial charge in [-0.15, -0.1) is 0 Å². The molecule has 1 heterocycles. The Kier molecular flexibility index (Phi) is 19.0. The maximum absolute atomic E-state index is 14.2. The van der Waals surface area contributed by atoms with Crippen molar-refractivity contribution in [1.29, 1.82) is 0 Å². The van der Waals surface area contributed by atoms with Gasteiger partial charge in [-0.3, -0.25) is 34.1 Å². The monoisotopic (exact) mass is 761 g/mol. The lowest BCUT2D eigenvalue weighted by Crippen LogP contribution is -2.59. The predicted molar refractivity (Wildman–Crippen MR) is 207 cm³/mol. The molecule has 1 fully saturated rings. The minimum Gasteiger partial charge on any atom is -0.379 e. The van der Waals surface area contributed by atoms with Crippen LogP contribution in [0.4, 0.5) is 0 Å². The molecule has 5 amide bonds. The summed E-state index contributed by atoms with van der Waals surface area (Å²) in [6, 6.07) is 6.03. The number of amides is 5. The van der Waals surface area contributed by atoms with E-state index in [1.165, 1.54) is 14.2 Å². The van der Waals surface area contributed by atoms with Crippen LogP contribution in [0.15, 0.2) is 30.3 Å². The zero-order valence-corrected chi connectivity index (χ0v) is 34.6. The van der Waals surface area contributed by atoms with Gasteiger partial charge in [0.05, 0.1) is 42.7 Å². The van der Waals surface area contributed by atoms with Gasteiger partial charge in [0.1, 0.15) is 12.1 Å². The van der Waals surface area contributed by atoms with Crippen molar-refractivity contribution in [3.8, 4) is 0 Å². The number of methoxy groups -OCH3 is 2. The molecule has 0 aromatic heterocycles. The number of hydrogen-bond acceptors (Lipinski definition) is 9. The number of likely N-dealkylation sites (tertiary alicyclic amines) is 1. The second kappa shape index (κ2) is 22.1. The molecular weight excluding hydrogens is 692 g/mol. The summed E-state index contributed by atoms with van der Waals surface area (Å²) in [5, 5.41) is 15.2. The number of likely N-dealkylation sites (N-methyl/N-ethyl adjacent to an activating group) is 2. The maximum atomic E-state index is 14.2. The third kappa shape index (κ3) is 12.2. The number of nitrogens with zero attached hydrogens (tertiary/aromatic N) is 3. The quantitative estimate of drug-likeness (QED) is 0.109. The summed E-state index contributed by atoms with van der Waals surface area (Å²) in [6.45, 7) is 14.0. The average Bonchev–Trinajstić information content (AvgIpc) is 3.62. The topological polar surface area (TPSA) is 170 Å². The molecular formula is C40H68N6O8. The van der Waals surface area contributed by atoms with Crippen LogP contribution in [0.3, 0.4) is 0 Å². The van der Waals surface area contributed by atoms with Crippen molar-refractivity contribution in [3.05, 3.63) is 35.9 Å². The largest absolute Gasteiger partial charge is 0.379 e. The Morgan fingerprint density at radius 1 is 0.889 bits per heavy atom. The van der Waals surface area contributed by atoms with Crippen LogP contribution in [0, 0.1) is 23.7 Å². The van der Waals surface area contributed by atoms with Crippen molar-refractivity contribution in [1.82, 2.24) is 30.8 Å². The molecule has 306 valence electrons. The first-order chi connectivity index (χ1) is 25.4. The van der Waals surface area contributed by atoms with E-state index >= 15 is 0 Å². The second-order valence-electron chi connectivity index (χ2n) is 15.7. The molecule has 0 saturated carbocycles. The number of hydroxylamine groups is 1. The minimum absolute atomic E-state index is 0.0127. The van der Waals surface area contributed by atoms with E-state index in [-0.39, 0.29) is 48.3 Å². The third-order valence-electron chi connectivity index (χ3n) is 11.0. The highest BCUT2D eigenvalue weighted by Gasteiger charge is 2.43. The number of rotatable bonds is 21. The van der Waals surface area contributed by atoms with Gasteiger partial charge < -0.3 is 29.9 Å². The van der Waals surface area contributed by atoms with E-state index in [0.717, 1.165) is 12.0 Å².